The van der Waals surface area contributed by atoms with E-state index in [0.717, 1.165) is 20.9 Å². The number of hydrogen-bond donors (Lipinski definition) is 2. The van der Waals surface area contributed by atoms with Gasteiger partial charge in [-0.25, -0.2) is 10.2 Å². The zero-order chi connectivity index (χ0) is 23.8. The number of para-hydroxylation sites is 1. The fourth-order valence-corrected chi connectivity index (χ4v) is 4.04. The number of benzene rings is 3. The van der Waals surface area contributed by atoms with Gasteiger partial charge >= 0.3 is 5.69 Å². The Hall–Kier alpha value is -4.66. The first-order chi connectivity index (χ1) is 16.5. The molecule has 170 valence electrons. The first kappa shape index (κ1) is 21.2. The minimum Gasteiger partial charge on any atom is -0.507 e. The molecule has 9 nitrogen and oxygen atoms in total. The van der Waals surface area contributed by atoms with Crippen LogP contribution in [0.5, 0.6) is 5.75 Å². The van der Waals surface area contributed by atoms with E-state index in [4.69, 9.17) is 0 Å². The van der Waals surface area contributed by atoms with Gasteiger partial charge in [-0.2, -0.15) is 10.1 Å². The molecule has 9 heteroatoms. The van der Waals surface area contributed by atoms with Crippen molar-refractivity contribution in [2.75, 3.05) is 5.43 Å². The third kappa shape index (κ3) is 3.53. The summed E-state index contributed by atoms with van der Waals surface area (Å²) in [6.45, 7) is 0.333. The van der Waals surface area contributed by atoms with Crippen molar-refractivity contribution >= 4 is 34.1 Å². The molecule has 0 aliphatic carbocycles. The summed E-state index contributed by atoms with van der Waals surface area (Å²) in [6, 6.07) is 20.8. The van der Waals surface area contributed by atoms with E-state index in [2.05, 4.69) is 15.5 Å². The molecule has 34 heavy (non-hydrogen) atoms. The van der Waals surface area contributed by atoms with Crippen LogP contribution in [0.2, 0.25) is 0 Å². The Morgan fingerprint density at radius 2 is 1.71 bits per heavy atom. The van der Waals surface area contributed by atoms with Crippen molar-refractivity contribution in [3.05, 3.63) is 98.7 Å². The molecule has 5 rings (SSSR count). The number of fused-ring (bicyclic) bond motifs is 2. The zero-order valence-electron chi connectivity index (χ0n) is 18.6. The number of rotatable bonds is 5. The molecule has 5 aromatic rings. The van der Waals surface area contributed by atoms with Gasteiger partial charge in [0.2, 0.25) is 5.95 Å². The van der Waals surface area contributed by atoms with Crippen molar-refractivity contribution in [3.63, 3.8) is 0 Å². The van der Waals surface area contributed by atoms with Gasteiger partial charge in [-0.15, -0.1) is 0 Å². The monoisotopic (exact) mass is 454 g/mol. The van der Waals surface area contributed by atoms with Crippen LogP contribution in [-0.2, 0) is 20.6 Å². The molecular weight excluding hydrogens is 432 g/mol. The molecule has 0 radical (unpaired) electrons. The standard InChI is InChI=1S/C25H22N6O3/c1-29-22-21(23(33)30(2)25(29)34)31(15-18-11-7-10-16-8-3-5-12-19(16)18)24(27-22)28-26-14-17-9-4-6-13-20(17)32/h3-14,32H,15H2,1-2H3,(H,27,28)/b26-14-. The first-order valence-corrected chi connectivity index (χ1v) is 10.7. The molecule has 0 aliphatic heterocycles. The average molecular weight is 454 g/mol. The molecule has 2 heterocycles. The average Bonchev–Trinajstić information content (AvgIpc) is 3.21. The minimum atomic E-state index is -0.462. The molecule has 2 aromatic heterocycles. The quantitative estimate of drug-likeness (QED) is 0.314. The number of aromatic hydroxyl groups is 1. The lowest BCUT2D eigenvalue weighted by Gasteiger charge is -2.11. The molecule has 0 saturated heterocycles. The smallest absolute Gasteiger partial charge is 0.332 e. The Kier molecular flexibility index (Phi) is 5.21. The fourth-order valence-electron chi connectivity index (χ4n) is 4.04. The largest absolute Gasteiger partial charge is 0.507 e. The number of anilines is 1. The third-order valence-corrected chi connectivity index (χ3v) is 5.86. The van der Waals surface area contributed by atoms with Gasteiger partial charge in [-0.1, -0.05) is 54.6 Å². The van der Waals surface area contributed by atoms with Crippen molar-refractivity contribution in [3.8, 4) is 5.75 Å². The molecule has 0 spiro atoms. The van der Waals surface area contributed by atoms with Crippen molar-refractivity contribution in [2.24, 2.45) is 19.2 Å². The molecule has 0 saturated carbocycles. The summed E-state index contributed by atoms with van der Waals surface area (Å²) < 4.78 is 4.13. The Labute approximate surface area is 193 Å². The fraction of sp³-hybridized carbons (Fsp3) is 0.120. The number of nitrogens with one attached hydrogen (secondary N) is 1. The molecule has 0 atom stereocenters. The predicted octanol–water partition coefficient (Wildman–Crippen LogP) is 2.79. The Balaban J connectivity index is 1.67. The van der Waals surface area contributed by atoms with E-state index in [9.17, 15) is 14.7 Å². The van der Waals surface area contributed by atoms with Crippen molar-refractivity contribution < 1.29 is 5.11 Å². The summed E-state index contributed by atoms with van der Waals surface area (Å²) in [4.78, 5) is 30.1. The second kappa shape index (κ2) is 8.36. The number of phenolic OH excluding ortho intramolecular Hbond substituents is 1. The normalized spacial score (nSPS) is 11.6. The highest BCUT2D eigenvalue weighted by Crippen LogP contribution is 2.23. The van der Waals surface area contributed by atoms with Gasteiger partial charge < -0.3 is 5.11 Å². The number of hydrogen-bond acceptors (Lipinski definition) is 6. The Morgan fingerprint density at radius 1 is 0.971 bits per heavy atom. The van der Waals surface area contributed by atoms with Crippen molar-refractivity contribution in [1.29, 1.82) is 0 Å². The van der Waals surface area contributed by atoms with E-state index in [1.165, 1.54) is 17.8 Å². The summed E-state index contributed by atoms with van der Waals surface area (Å²) in [5.74, 6) is 0.390. The van der Waals surface area contributed by atoms with E-state index in [1.54, 1.807) is 35.9 Å². The number of aromatic nitrogens is 4. The summed E-state index contributed by atoms with van der Waals surface area (Å²) in [5, 5.41) is 16.3. The number of hydrazone groups is 1. The van der Waals surface area contributed by atoms with E-state index >= 15 is 0 Å². The highest BCUT2D eigenvalue weighted by atomic mass is 16.3. The van der Waals surface area contributed by atoms with Crippen LogP contribution in [0, 0.1) is 0 Å². The molecule has 2 N–H and O–H groups in total. The van der Waals surface area contributed by atoms with Gasteiger partial charge in [-0.3, -0.25) is 18.5 Å². The summed E-state index contributed by atoms with van der Waals surface area (Å²) in [6.07, 6.45) is 1.47. The minimum absolute atomic E-state index is 0.0913. The summed E-state index contributed by atoms with van der Waals surface area (Å²) in [5.41, 5.74) is 4.04. The van der Waals surface area contributed by atoms with E-state index < -0.39 is 11.2 Å². The lowest BCUT2D eigenvalue weighted by Crippen LogP contribution is -2.37. The predicted molar refractivity (Wildman–Crippen MR) is 133 cm³/mol. The van der Waals surface area contributed by atoms with Crippen LogP contribution >= 0.6 is 0 Å². The summed E-state index contributed by atoms with van der Waals surface area (Å²) >= 11 is 0. The Bertz CT molecular complexity index is 1690. The molecule has 0 fully saturated rings. The molecule has 0 aliphatic rings. The molecule has 0 bridgehead atoms. The van der Waals surface area contributed by atoms with Gasteiger partial charge in [0.15, 0.2) is 11.2 Å². The third-order valence-electron chi connectivity index (χ3n) is 5.86. The molecular formula is C25H22N6O3. The second-order valence-electron chi connectivity index (χ2n) is 7.97. The maximum atomic E-state index is 13.1. The highest BCUT2D eigenvalue weighted by Gasteiger charge is 2.19. The van der Waals surface area contributed by atoms with Gasteiger partial charge in [0.1, 0.15) is 5.75 Å². The van der Waals surface area contributed by atoms with Crippen LogP contribution in [0.25, 0.3) is 21.9 Å². The number of aryl methyl sites for hydroxylation is 1. The molecule has 0 amide bonds. The maximum absolute atomic E-state index is 13.1. The van der Waals surface area contributed by atoms with Crippen molar-refractivity contribution in [2.45, 2.75) is 6.54 Å². The van der Waals surface area contributed by atoms with Gasteiger partial charge in [0, 0.05) is 19.7 Å². The Morgan fingerprint density at radius 3 is 2.53 bits per heavy atom. The first-order valence-electron chi connectivity index (χ1n) is 10.7. The van der Waals surface area contributed by atoms with E-state index in [-0.39, 0.29) is 16.9 Å². The van der Waals surface area contributed by atoms with E-state index in [1.807, 2.05) is 42.5 Å². The van der Waals surface area contributed by atoms with Crippen LogP contribution in [-0.4, -0.2) is 30.0 Å². The topological polar surface area (TPSA) is 106 Å². The highest BCUT2D eigenvalue weighted by molar-refractivity contribution is 5.86. The van der Waals surface area contributed by atoms with Gasteiger partial charge in [-0.05, 0) is 28.5 Å². The van der Waals surface area contributed by atoms with Crippen LogP contribution in [0.15, 0.2) is 81.4 Å². The van der Waals surface area contributed by atoms with Crippen LogP contribution in [0.1, 0.15) is 11.1 Å². The number of imidazole rings is 1. The van der Waals surface area contributed by atoms with E-state index in [0.29, 0.717) is 18.1 Å². The van der Waals surface area contributed by atoms with Crippen LogP contribution < -0.4 is 16.7 Å². The van der Waals surface area contributed by atoms with Gasteiger partial charge in [0.25, 0.3) is 5.56 Å². The summed E-state index contributed by atoms with van der Waals surface area (Å²) in [7, 11) is 3.03. The van der Waals surface area contributed by atoms with Crippen molar-refractivity contribution in [1.82, 2.24) is 18.7 Å². The lowest BCUT2D eigenvalue weighted by molar-refractivity contribution is 0.474. The maximum Gasteiger partial charge on any atom is 0.332 e. The van der Waals surface area contributed by atoms with Crippen LogP contribution in [0.3, 0.4) is 0 Å². The zero-order valence-corrected chi connectivity index (χ0v) is 18.6. The van der Waals surface area contributed by atoms with Crippen LogP contribution in [0.4, 0.5) is 5.95 Å². The second-order valence-corrected chi connectivity index (χ2v) is 7.97. The van der Waals surface area contributed by atoms with Gasteiger partial charge in [0.05, 0.1) is 12.8 Å². The SMILES string of the molecule is Cn1c(=O)c2c(nc(N/N=C\c3ccccc3O)n2Cc2cccc3ccccc23)n(C)c1=O. The molecule has 0 unspecified atom stereocenters. The number of phenols is 1. The molecule has 3 aromatic carbocycles. The lowest BCUT2D eigenvalue weighted by atomic mass is 10.0. The number of nitrogens with zero attached hydrogens (tertiary/aromatic N) is 5.